The highest BCUT2D eigenvalue weighted by Gasteiger charge is 2.16. The van der Waals surface area contributed by atoms with Crippen LogP contribution < -0.4 is 4.74 Å². The SMILES string of the molecule is COC(=O)c1cccc(Cn2c(-c3cccnc3)cc3cc(OC)c(F)cc32)n1. The number of nitrogens with zero attached hydrogens (tertiary/aromatic N) is 3. The maximum Gasteiger partial charge on any atom is 0.356 e. The first kappa shape index (κ1) is 18.6. The summed E-state index contributed by atoms with van der Waals surface area (Å²) in [4.78, 5) is 20.4. The van der Waals surface area contributed by atoms with Gasteiger partial charge in [0.15, 0.2) is 11.6 Å². The van der Waals surface area contributed by atoms with Gasteiger partial charge in [-0.1, -0.05) is 6.07 Å². The van der Waals surface area contributed by atoms with Gasteiger partial charge in [-0.25, -0.2) is 14.2 Å². The fourth-order valence-corrected chi connectivity index (χ4v) is 3.29. The molecule has 0 fully saturated rings. The van der Waals surface area contributed by atoms with Crippen molar-refractivity contribution in [1.82, 2.24) is 14.5 Å². The van der Waals surface area contributed by atoms with Crippen LogP contribution in [0.5, 0.6) is 5.75 Å². The third kappa shape index (κ3) is 3.54. The smallest absolute Gasteiger partial charge is 0.356 e. The molecule has 0 saturated carbocycles. The Kier molecular flexibility index (Phi) is 4.95. The molecule has 146 valence electrons. The lowest BCUT2D eigenvalue weighted by Gasteiger charge is -2.12. The maximum absolute atomic E-state index is 14.4. The van der Waals surface area contributed by atoms with Crippen molar-refractivity contribution >= 4 is 16.9 Å². The quantitative estimate of drug-likeness (QED) is 0.480. The van der Waals surface area contributed by atoms with Gasteiger partial charge in [0.1, 0.15) is 5.69 Å². The standard InChI is InChI=1S/C22H18FN3O3/c1-28-21-10-15-9-19(14-5-4-8-24-12-14)26(20(15)11-17(21)23)13-16-6-3-7-18(25-16)22(27)29-2/h3-12H,13H2,1-2H3. The van der Waals surface area contributed by atoms with Gasteiger partial charge in [-0.15, -0.1) is 0 Å². The number of esters is 1. The van der Waals surface area contributed by atoms with Crippen LogP contribution in [0.25, 0.3) is 22.2 Å². The predicted molar refractivity (Wildman–Crippen MR) is 106 cm³/mol. The molecule has 0 saturated heterocycles. The first-order chi connectivity index (χ1) is 14.1. The van der Waals surface area contributed by atoms with Crippen molar-refractivity contribution in [2.24, 2.45) is 0 Å². The minimum Gasteiger partial charge on any atom is -0.494 e. The average Bonchev–Trinajstić information content (AvgIpc) is 3.10. The van der Waals surface area contributed by atoms with E-state index >= 15 is 0 Å². The Bertz CT molecular complexity index is 1190. The van der Waals surface area contributed by atoms with Crippen LogP contribution in [0.1, 0.15) is 16.2 Å². The van der Waals surface area contributed by atoms with Crippen molar-refractivity contribution < 1.29 is 18.7 Å². The number of fused-ring (bicyclic) bond motifs is 1. The van der Waals surface area contributed by atoms with E-state index < -0.39 is 11.8 Å². The van der Waals surface area contributed by atoms with Crippen molar-refractivity contribution in [1.29, 1.82) is 0 Å². The van der Waals surface area contributed by atoms with Gasteiger partial charge in [-0.05, 0) is 36.4 Å². The number of benzene rings is 1. The molecule has 0 aliphatic heterocycles. The van der Waals surface area contributed by atoms with Crippen LogP contribution in [0.15, 0.2) is 60.9 Å². The van der Waals surface area contributed by atoms with Gasteiger partial charge in [-0.3, -0.25) is 4.98 Å². The topological polar surface area (TPSA) is 66.2 Å². The van der Waals surface area contributed by atoms with Gasteiger partial charge < -0.3 is 14.0 Å². The lowest BCUT2D eigenvalue weighted by molar-refractivity contribution is 0.0593. The largest absolute Gasteiger partial charge is 0.494 e. The van der Waals surface area contributed by atoms with Gasteiger partial charge in [0.2, 0.25) is 0 Å². The minimum absolute atomic E-state index is 0.179. The molecule has 29 heavy (non-hydrogen) atoms. The van der Waals surface area contributed by atoms with E-state index in [1.165, 1.54) is 20.3 Å². The number of methoxy groups -OCH3 is 2. The van der Waals surface area contributed by atoms with Crippen molar-refractivity contribution in [3.05, 3.63) is 78.1 Å². The van der Waals surface area contributed by atoms with Crippen LogP contribution in [0.3, 0.4) is 0 Å². The molecule has 3 aromatic heterocycles. The number of ether oxygens (including phenoxy) is 2. The Hall–Kier alpha value is -3.74. The van der Waals surface area contributed by atoms with Gasteiger partial charge in [0, 0.05) is 29.4 Å². The molecule has 6 nitrogen and oxygen atoms in total. The van der Waals surface area contributed by atoms with E-state index in [0.717, 1.165) is 16.6 Å². The fraction of sp³-hybridized carbons (Fsp3) is 0.136. The number of carbonyl (C=O) groups is 1. The molecule has 4 aromatic rings. The fourth-order valence-electron chi connectivity index (χ4n) is 3.29. The monoisotopic (exact) mass is 391 g/mol. The molecule has 0 aliphatic rings. The molecule has 4 rings (SSSR count). The summed E-state index contributed by atoms with van der Waals surface area (Å²) in [6, 6.07) is 14.0. The van der Waals surface area contributed by atoms with Gasteiger partial charge in [0.25, 0.3) is 0 Å². The van der Waals surface area contributed by atoms with Crippen LogP contribution >= 0.6 is 0 Å². The maximum atomic E-state index is 14.4. The Morgan fingerprint density at radius 2 is 2.00 bits per heavy atom. The van der Waals surface area contributed by atoms with Gasteiger partial charge in [-0.2, -0.15) is 0 Å². The summed E-state index contributed by atoms with van der Waals surface area (Å²) in [5, 5.41) is 0.825. The lowest BCUT2D eigenvalue weighted by atomic mass is 10.2. The number of pyridine rings is 2. The predicted octanol–water partition coefficient (Wildman–Crippen LogP) is 4.08. The molecule has 3 heterocycles. The molecular formula is C22H18FN3O3. The zero-order valence-corrected chi connectivity index (χ0v) is 15.9. The van der Waals surface area contributed by atoms with Crippen LogP contribution in [0, 0.1) is 5.82 Å². The zero-order valence-electron chi connectivity index (χ0n) is 15.9. The normalized spacial score (nSPS) is 10.9. The highest BCUT2D eigenvalue weighted by molar-refractivity contribution is 5.89. The number of hydrogen-bond acceptors (Lipinski definition) is 5. The van der Waals surface area contributed by atoms with E-state index in [1.54, 1.807) is 30.6 Å². The van der Waals surface area contributed by atoms with E-state index in [0.29, 0.717) is 17.8 Å². The summed E-state index contributed by atoms with van der Waals surface area (Å²) in [5.74, 6) is -0.779. The Labute approximate surface area is 166 Å². The minimum atomic E-state index is -0.507. The van der Waals surface area contributed by atoms with Crippen LogP contribution in [-0.4, -0.2) is 34.7 Å². The first-order valence-electron chi connectivity index (χ1n) is 8.92. The van der Waals surface area contributed by atoms with Crippen LogP contribution in [0.4, 0.5) is 4.39 Å². The molecule has 7 heteroatoms. The highest BCUT2D eigenvalue weighted by atomic mass is 19.1. The number of aromatic nitrogens is 3. The number of carbonyl (C=O) groups excluding carboxylic acids is 1. The van der Waals surface area contributed by atoms with E-state index in [1.807, 2.05) is 28.8 Å². The van der Waals surface area contributed by atoms with Crippen molar-refractivity contribution in [3.63, 3.8) is 0 Å². The zero-order chi connectivity index (χ0) is 20.4. The molecular weight excluding hydrogens is 373 g/mol. The average molecular weight is 391 g/mol. The summed E-state index contributed by atoms with van der Waals surface area (Å²) in [7, 11) is 2.75. The van der Waals surface area contributed by atoms with Crippen molar-refractivity contribution in [2.45, 2.75) is 6.54 Å². The number of halogens is 1. The molecule has 0 atom stereocenters. The molecule has 0 amide bonds. The molecule has 0 radical (unpaired) electrons. The Balaban J connectivity index is 1.88. The summed E-state index contributed by atoms with van der Waals surface area (Å²) in [5.41, 5.74) is 3.29. The number of hydrogen-bond donors (Lipinski definition) is 0. The third-order valence-corrected chi connectivity index (χ3v) is 4.65. The molecule has 0 N–H and O–H groups in total. The molecule has 0 bridgehead atoms. The number of rotatable bonds is 5. The van der Waals surface area contributed by atoms with Crippen LogP contribution in [-0.2, 0) is 11.3 Å². The molecule has 0 spiro atoms. The summed E-state index contributed by atoms with van der Waals surface area (Å²) in [6.45, 7) is 0.338. The summed E-state index contributed by atoms with van der Waals surface area (Å²) < 4.78 is 26.3. The Morgan fingerprint density at radius 3 is 2.72 bits per heavy atom. The molecule has 0 unspecified atom stereocenters. The van der Waals surface area contributed by atoms with E-state index in [9.17, 15) is 9.18 Å². The lowest BCUT2D eigenvalue weighted by Crippen LogP contribution is -2.09. The van der Waals surface area contributed by atoms with E-state index in [4.69, 9.17) is 9.47 Å². The molecule has 0 aliphatic carbocycles. The first-order valence-corrected chi connectivity index (χ1v) is 8.92. The Morgan fingerprint density at radius 1 is 1.14 bits per heavy atom. The van der Waals surface area contributed by atoms with E-state index in [2.05, 4.69) is 9.97 Å². The molecule has 1 aromatic carbocycles. The highest BCUT2D eigenvalue weighted by Crippen LogP contribution is 2.32. The summed E-state index contributed by atoms with van der Waals surface area (Å²) >= 11 is 0. The third-order valence-electron chi connectivity index (χ3n) is 4.65. The summed E-state index contributed by atoms with van der Waals surface area (Å²) in [6.07, 6.45) is 3.44. The second-order valence-corrected chi connectivity index (χ2v) is 6.41. The van der Waals surface area contributed by atoms with Crippen molar-refractivity contribution in [2.75, 3.05) is 14.2 Å². The van der Waals surface area contributed by atoms with Gasteiger partial charge >= 0.3 is 5.97 Å². The second kappa shape index (κ2) is 7.71. The van der Waals surface area contributed by atoms with Gasteiger partial charge in [0.05, 0.1) is 37.7 Å². The van der Waals surface area contributed by atoms with Crippen LogP contribution in [0.2, 0.25) is 0 Å². The van der Waals surface area contributed by atoms with E-state index in [-0.39, 0.29) is 11.4 Å². The second-order valence-electron chi connectivity index (χ2n) is 6.41. The van der Waals surface area contributed by atoms with Crippen molar-refractivity contribution in [3.8, 4) is 17.0 Å².